The second-order valence-electron chi connectivity index (χ2n) is 4.92. The number of halogens is 1. The minimum atomic E-state index is 0.267. The number of nitrogens with one attached hydrogen (secondary N) is 1. The summed E-state index contributed by atoms with van der Waals surface area (Å²) in [5.41, 5.74) is 1.21. The summed E-state index contributed by atoms with van der Waals surface area (Å²) in [6, 6.07) is 6.55. The minimum Gasteiger partial charge on any atom is -0.494 e. The normalized spacial score (nSPS) is 11.0. The first kappa shape index (κ1) is 16.5. The van der Waals surface area contributed by atoms with Gasteiger partial charge in [-0.3, -0.25) is 0 Å². The van der Waals surface area contributed by atoms with Crippen molar-refractivity contribution in [3.05, 3.63) is 28.2 Å². The fourth-order valence-corrected chi connectivity index (χ4v) is 2.06. The van der Waals surface area contributed by atoms with Gasteiger partial charge in [0, 0.05) is 23.7 Å². The first-order chi connectivity index (χ1) is 9.13. The van der Waals surface area contributed by atoms with E-state index in [1.165, 1.54) is 5.56 Å². The average molecular weight is 330 g/mol. The predicted molar refractivity (Wildman–Crippen MR) is 82.5 cm³/mol. The van der Waals surface area contributed by atoms with Gasteiger partial charge in [0.1, 0.15) is 5.75 Å². The molecule has 0 radical (unpaired) electrons. The molecule has 4 heteroatoms. The van der Waals surface area contributed by atoms with Crippen LogP contribution in [0.5, 0.6) is 5.75 Å². The number of rotatable bonds is 9. The van der Waals surface area contributed by atoms with Gasteiger partial charge in [-0.15, -0.1) is 0 Å². The highest BCUT2D eigenvalue weighted by molar-refractivity contribution is 9.10. The van der Waals surface area contributed by atoms with Crippen LogP contribution >= 0.6 is 15.9 Å². The second kappa shape index (κ2) is 9.34. The van der Waals surface area contributed by atoms with Gasteiger partial charge in [0.2, 0.25) is 0 Å². The monoisotopic (exact) mass is 329 g/mol. The fourth-order valence-electron chi connectivity index (χ4n) is 1.67. The van der Waals surface area contributed by atoms with Crippen molar-refractivity contribution in [1.82, 2.24) is 5.32 Å². The molecule has 1 aromatic rings. The third kappa shape index (κ3) is 6.95. The van der Waals surface area contributed by atoms with Crippen molar-refractivity contribution in [3.63, 3.8) is 0 Å². The Balaban J connectivity index is 2.43. The molecule has 108 valence electrons. The lowest BCUT2D eigenvalue weighted by atomic mass is 10.2. The summed E-state index contributed by atoms with van der Waals surface area (Å²) in [5.74, 6) is 0.910. The Morgan fingerprint density at radius 3 is 2.74 bits per heavy atom. The summed E-state index contributed by atoms with van der Waals surface area (Å²) in [6.45, 7) is 6.08. The van der Waals surface area contributed by atoms with Crippen molar-refractivity contribution in [2.24, 2.45) is 0 Å². The summed E-state index contributed by atoms with van der Waals surface area (Å²) in [5, 5.41) is 12.1. The van der Waals surface area contributed by atoms with E-state index in [0.29, 0.717) is 12.6 Å². The first-order valence-electron chi connectivity index (χ1n) is 6.89. The lowest BCUT2D eigenvalue weighted by molar-refractivity contribution is 0.266. The molecule has 0 aliphatic carbocycles. The highest BCUT2D eigenvalue weighted by atomic mass is 79.9. The molecule has 2 N–H and O–H groups in total. The summed E-state index contributed by atoms with van der Waals surface area (Å²) in [4.78, 5) is 0. The molecule has 3 nitrogen and oxygen atoms in total. The van der Waals surface area contributed by atoms with E-state index >= 15 is 0 Å². The van der Waals surface area contributed by atoms with Crippen LogP contribution in [0.15, 0.2) is 22.7 Å². The number of benzene rings is 1. The van der Waals surface area contributed by atoms with Crippen LogP contribution in [0.4, 0.5) is 0 Å². The molecular weight excluding hydrogens is 306 g/mol. The molecule has 1 rings (SSSR count). The zero-order valence-corrected chi connectivity index (χ0v) is 13.4. The number of hydrogen-bond acceptors (Lipinski definition) is 3. The first-order valence-corrected chi connectivity index (χ1v) is 7.68. The maximum Gasteiger partial charge on any atom is 0.119 e. The van der Waals surface area contributed by atoms with Crippen LogP contribution in [-0.4, -0.2) is 24.4 Å². The van der Waals surface area contributed by atoms with E-state index in [-0.39, 0.29) is 6.61 Å². The Kier molecular flexibility index (Phi) is 8.10. The molecule has 0 aliphatic heterocycles. The van der Waals surface area contributed by atoms with Crippen LogP contribution in [0.1, 0.15) is 38.7 Å². The zero-order chi connectivity index (χ0) is 14.1. The molecule has 0 aromatic heterocycles. The van der Waals surface area contributed by atoms with Gasteiger partial charge in [-0.1, -0.05) is 29.8 Å². The second-order valence-corrected chi connectivity index (χ2v) is 5.78. The highest BCUT2D eigenvalue weighted by Crippen LogP contribution is 2.23. The number of aliphatic hydroxyl groups is 1. The van der Waals surface area contributed by atoms with Gasteiger partial charge >= 0.3 is 0 Å². The molecule has 19 heavy (non-hydrogen) atoms. The largest absolute Gasteiger partial charge is 0.494 e. The van der Waals surface area contributed by atoms with Gasteiger partial charge in [-0.2, -0.15) is 0 Å². The van der Waals surface area contributed by atoms with Gasteiger partial charge in [-0.25, -0.2) is 0 Å². The molecule has 0 saturated heterocycles. The summed E-state index contributed by atoms with van der Waals surface area (Å²) in [6.07, 6.45) is 2.85. The molecule has 0 saturated carbocycles. The van der Waals surface area contributed by atoms with Gasteiger partial charge in [-0.05, 0) is 43.0 Å². The van der Waals surface area contributed by atoms with Crippen molar-refractivity contribution in [1.29, 1.82) is 0 Å². The van der Waals surface area contributed by atoms with Gasteiger partial charge in [0.25, 0.3) is 0 Å². The Morgan fingerprint density at radius 1 is 1.26 bits per heavy atom. The zero-order valence-electron chi connectivity index (χ0n) is 11.8. The van der Waals surface area contributed by atoms with E-state index in [1.807, 2.05) is 12.1 Å². The molecule has 0 heterocycles. The molecule has 1 aromatic carbocycles. The molecular formula is C15H24BrNO2. The molecule has 0 unspecified atom stereocenters. The van der Waals surface area contributed by atoms with E-state index in [4.69, 9.17) is 9.84 Å². The van der Waals surface area contributed by atoms with Crippen LogP contribution in [0, 0.1) is 0 Å². The Labute approximate surface area is 124 Å². The maximum absolute atomic E-state index is 8.70. The summed E-state index contributed by atoms with van der Waals surface area (Å²) in [7, 11) is 0. The van der Waals surface area contributed by atoms with E-state index in [1.54, 1.807) is 0 Å². The van der Waals surface area contributed by atoms with Crippen LogP contribution in [-0.2, 0) is 6.54 Å². The van der Waals surface area contributed by atoms with Gasteiger partial charge in [0.05, 0.1) is 6.61 Å². The lowest BCUT2D eigenvalue weighted by Gasteiger charge is -2.12. The predicted octanol–water partition coefficient (Wildman–Crippen LogP) is 3.49. The van der Waals surface area contributed by atoms with Crippen molar-refractivity contribution >= 4 is 15.9 Å². The number of aliphatic hydroxyl groups excluding tert-OH is 1. The van der Waals surface area contributed by atoms with Crippen LogP contribution in [0.3, 0.4) is 0 Å². The number of ether oxygens (including phenoxy) is 1. The third-order valence-corrected chi connectivity index (χ3v) is 3.56. The molecule has 0 bridgehead atoms. The summed E-state index contributed by atoms with van der Waals surface area (Å²) < 4.78 is 6.83. The number of unbranched alkanes of at least 4 members (excludes halogenated alkanes) is 2. The SMILES string of the molecule is CC(C)NCc1cc(OCCCCCO)ccc1Br. The van der Waals surface area contributed by atoms with Crippen LogP contribution < -0.4 is 10.1 Å². The van der Waals surface area contributed by atoms with Crippen molar-refractivity contribution in [2.75, 3.05) is 13.2 Å². The third-order valence-electron chi connectivity index (χ3n) is 2.79. The Bertz CT molecular complexity index is 369. The molecule has 0 amide bonds. The van der Waals surface area contributed by atoms with Crippen molar-refractivity contribution in [3.8, 4) is 5.75 Å². The van der Waals surface area contributed by atoms with Crippen molar-refractivity contribution in [2.45, 2.75) is 45.7 Å². The highest BCUT2D eigenvalue weighted by Gasteiger charge is 2.03. The number of hydrogen-bond donors (Lipinski definition) is 2. The molecule has 0 fully saturated rings. The van der Waals surface area contributed by atoms with E-state index in [9.17, 15) is 0 Å². The van der Waals surface area contributed by atoms with Crippen molar-refractivity contribution < 1.29 is 9.84 Å². The quantitative estimate of drug-likeness (QED) is 0.681. The van der Waals surface area contributed by atoms with E-state index in [2.05, 4.69) is 41.2 Å². The average Bonchev–Trinajstić information content (AvgIpc) is 2.38. The summed E-state index contributed by atoms with van der Waals surface area (Å²) >= 11 is 3.56. The molecule has 0 aliphatic rings. The smallest absolute Gasteiger partial charge is 0.119 e. The van der Waals surface area contributed by atoms with E-state index < -0.39 is 0 Å². The molecule has 0 atom stereocenters. The molecule has 0 spiro atoms. The topological polar surface area (TPSA) is 41.5 Å². The maximum atomic E-state index is 8.70. The fraction of sp³-hybridized carbons (Fsp3) is 0.600. The van der Waals surface area contributed by atoms with Gasteiger partial charge < -0.3 is 15.2 Å². The Morgan fingerprint density at radius 2 is 2.05 bits per heavy atom. The standard InChI is InChI=1S/C15H24BrNO2/c1-12(2)17-11-13-10-14(6-7-15(13)16)19-9-5-3-4-8-18/h6-7,10,12,17-18H,3-5,8-9,11H2,1-2H3. The minimum absolute atomic E-state index is 0.267. The van der Waals surface area contributed by atoms with E-state index in [0.717, 1.165) is 36.0 Å². The van der Waals surface area contributed by atoms with Gasteiger partial charge in [0.15, 0.2) is 0 Å². The van der Waals surface area contributed by atoms with Crippen LogP contribution in [0.2, 0.25) is 0 Å². The Hall–Kier alpha value is -0.580. The lowest BCUT2D eigenvalue weighted by Crippen LogP contribution is -2.22. The van der Waals surface area contributed by atoms with Crippen LogP contribution in [0.25, 0.3) is 0 Å².